The summed E-state index contributed by atoms with van der Waals surface area (Å²) in [4.78, 5) is 0. The van der Waals surface area contributed by atoms with Crippen molar-refractivity contribution >= 4 is 0 Å². The molecule has 0 saturated carbocycles. The maximum atomic E-state index is 2.41. The molecule has 0 saturated heterocycles. The van der Waals surface area contributed by atoms with Crippen molar-refractivity contribution < 1.29 is 0 Å². The molecule has 0 N–H and O–H groups in total. The van der Waals surface area contributed by atoms with Crippen molar-refractivity contribution in [2.75, 3.05) is 0 Å². The molecule has 0 radical (unpaired) electrons. The van der Waals surface area contributed by atoms with Crippen LogP contribution in [0.25, 0.3) is 0 Å². The highest BCUT2D eigenvalue weighted by Crippen LogP contribution is 2.28. The van der Waals surface area contributed by atoms with Crippen molar-refractivity contribution in [1.82, 2.24) is 0 Å². The third-order valence-corrected chi connectivity index (χ3v) is 3.25. The van der Waals surface area contributed by atoms with Crippen LogP contribution in [0.4, 0.5) is 0 Å². The zero-order valence-electron chi connectivity index (χ0n) is 10.6. The van der Waals surface area contributed by atoms with E-state index in [2.05, 4.69) is 45.9 Å². The molecule has 0 aromatic rings. The molecule has 0 aliphatic heterocycles. The fourth-order valence-corrected chi connectivity index (χ4v) is 2.03. The summed E-state index contributed by atoms with van der Waals surface area (Å²) in [5, 5.41) is 0. The molecule has 84 valence electrons. The van der Waals surface area contributed by atoms with Crippen molar-refractivity contribution in [3.8, 4) is 0 Å². The average Bonchev–Trinajstić information content (AvgIpc) is 2.18. The predicted molar refractivity (Wildman–Crippen MR) is 68.9 cm³/mol. The van der Waals surface area contributed by atoms with Gasteiger partial charge < -0.3 is 0 Å². The van der Waals surface area contributed by atoms with Gasteiger partial charge in [-0.1, -0.05) is 34.9 Å². The van der Waals surface area contributed by atoms with Crippen molar-refractivity contribution in [3.05, 3.63) is 34.9 Å². The Bertz CT molecular complexity index is 285. The normalized spacial score (nSPS) is 22.3. The zero-order valence-corrected chi connectivity index (χ0v) is 10.6. The summed E-state index contributed by atoms with van der Waals surface area (Å²) >= 11 is 0. The second kappa shape index (κ2) is 5.95. The predicted octanol–water partition coefficient (Wildman–Crippen LogP) is 5.04. The van der Waals surface area contributed by atoms with Crippen LogP contribution in [0.5, 0.6) is 0 Å². The monoisotopic (exact) mass is 204 g/mol. The van der Waals surface area contributed by atoms with E-state index in [1.54, 1.807) is 11.1 Å². The summed E-state index contributed by atoms with van der Waals surface area (Å²) in [5.74, 6) is 0.805. The molecule has 15 heavy (non-hydrogen) atoms. The first kappa shape index (κ1) is 12.3. The largest absolute Gasteiger partial charge is 0.0850 e. The molecule has 0 aromatic carbocycles. The van der Waals surface area contributed by atoms with Crippen molar-refractivity contribution in [2.45, 2.75) is 53.4 Å². The average molecular weight is 204 g/mol. The third-order valence-electron chi connectivity index (χ3n) is 3.25. The minimum Gasteiger partial charge on any atom is -0.0850 e. The van der Waals surface area contributed by atoms with Crippen LogP contribution < -0.4 is 0 Å². The molecule has 0 heterocycles. The standard InChI is InChI=1S/C15H24/c1-12(2)6-5-7-14(4)15-10-8-13(3)9-11-15/h6-8,15H,5,9-11H2,1-4H3. The lowest BCUT2D eigenvalue weighted by Gasteiger charge is -2.21. The Labute approximate surface area is 94.8 Å². The number of allylic oxidation sites excluding steroid dienone is 6. The summed E-state index contributed by atoms with van der Waals surface area (Å²) < 4.78 is 0. The second-order valence-corrected chi connectivity index (χ2v) is 4.99. The fourth-order valence-electron chi connectivity index (χ4n) is 2.03. The Morgan fingerprint density at radius 2 is 2.07 bits per heavy atom. The first-order chi connectivity index (χ1) is 7.09. The van der Waals surface area contributed by atoms with Gasteiger partial charge in [-0.05, 0) is 59.3 Å². The van der Waals surface area contributed by atoms with Gasteiger partial charge in [0, 0.05) is 0 Å². The van der Waals surface area contributed by atoms with E-state index in [4.69, 9.17) is 0 Å². The molecule has 1 aliphatic rings. The second-order valence-electron chi connectivity index (χ2n) is 4.99. The lowest BCUT2D eigenvalue weighted by Crippen LogP contribution is -2.05. The van der Waals surface area contributed by atoms with Gasteiger partial charge in [-0.15, -0.1) is 0 Å². The molecule has 0 heteroatoms. The SMILES string of the molecule is CC(C)=CCC=C(C)C1CC=C(C)CC1. The van der Waals surface area contributed by atoms with Crippen LogP contribution in [-0.4, -0.2) is 0 Å². The summed E-state index contributed by atoms with van der Waals surface area (Å²) in [6, 6.07) is 0. The van der Waals surface area contributed by atoms with Gasteiger partial charge in [0.1, 0.15) is 0 Å². The van der Waals surface area contributed by atoms with Crippen LogP contribution in [0, 0.1) is 5.92 Å². The van der Waals surface area contributed by atoms with E-state index in [1.807, 2.05) is 0 Å². The van der Waals surface area contributed by atoms with E-state index in [1.165, 1.54) is 24.8 Å². The zero-order chi connectivity index (χ0) is 11.3. The lowest BCUT2D eigenvalue weighted by molar-refractivity contribution is 0.537. The maximum absolute atomic E-state index is 2.41. The van der Waals surface area contributed by atoms with Crippen LogP contribution in [0.15, 0.2) is 34.9 Å². The summed E-state index contributed by atoms with van der Waals surface area (Å²) in [6.45, 7) is 8.86. The van der Waals surface area contributed by atoms with Crippen molar-refractivity contribution in [1.29, 1.82) is 0 Å². The number of hydrogen-bond acceptors (Lipinski definition) is 0. The molecule has 1 rings (SSSR count). The molecule has 0 spiro atoms. The highest BCUT2D eigenvalue weighted by molar-refractivity contribution is 5.14. The summed E-state index contributed by atoms with van der Waals surface area (Å²) in [7, 11) is 0. The van der Waals surface area contributed by atoms with E-state index >= 15 is 0 Å². The lowest BCUT2D eigenvalue weighted by atomic mass is 9.85. The van der Waals surface area contributed by atoms with Gasteiger partial charge in [0.2, 0.25) is 0 Å². The molecule has 1 unspecified atom stereocenters. The molecular weight excluding hydrogens is 180 g/mol. The first-order valence-corrected chi connectivity index (χ1v) is 6.05. The van der Waals surface area contributed by atoms with E-state index in [9.17, 15) is 0 Å². The van der Waals surface area contributed by atoms with Gasteiger partial charge in [-0.3, -0.25) is 0 Å². The fraction of sp³-hybridized carbons (Fsp3) is 0.600. The van der Waals surface area contributed by atoms with Gasteiger partial charge in [0.25, 0.3) is 0 Å². The molecule has 0 aromatic heterocycles. The molecule has 1 aliphatic carbocycles. The minimum atomic E-state index is 0.805. The highest BCUT2D eigenvalue weighted by atomic mass is 14.2. The smallest absolute Gasteiger partial charge is 0.0164 e. The van der Waals surface area contributed by atoms with Crippen LogP contribution in [0.1, 0.15) is 53.4 Å². The topological polar surface area (TPSA) is 0 Å². The molecular formula is C15H24. The van der Waals surface area contributed by atoms with Gasteiger partial charge >= 0.3 is 0 Å². The first-order valence-electron chi connectivity index (χ1n) is 6.05. The van der Waals surface area contributed by atoms with E-state index < -0.39 is 0 Å². The maximum Gasteiger partial charge on any atom is -0.0164 e. The molecule has 1 atom stereocenters. The Morgan fingerprint density at radius 3 is 2.60 bits per heavy atom. The highest BCUT2D eigenvalue weighted by Gasteiger charge is 2.13. The Kier molecular flexibility index (Phi) is 4.87. The van der Waals surface area contributed by atoms with Crippen molar-refractivity contribution in [2.24, 2.45) is 5.92 Å². The van der Waals surface area contributed by atoms with Crippen LogP contribution in [0.2, 0.25) is 0 Å². The number of hydrogen-bond donors (Lipinski definition) is 0. The minimum absolute atomic E-state index is 0.805. The molecule has 0 amide bonds. The van der Waals surface area contributed by atoms with Gasteiger partial charge in [0.15, 0.2) is 0 Å². The molecule has 0 nitrogen and oxygen atoms in total. The summed E-state index contributed by atoms with van der Waals surface area (Å²) in [6.07, 6.45) is 12.1. The van der Waals surface area contributed by atoms with Crippen LogP contribution in [0.3, 0.4) is 0 Å². The summed E-state index contributed by atoms with van der Waals surface area (Å²) in [5.41, 5.74) is 4.57. The van der Waals surface area contributed by atoms with E-state index in [0.717, 1.165) is 12.3 Å². The Hall–Kier alpha value is -0.780. The Balaban J connectivity index is 2.47. The van der Waals surface area contributed by atoms with Gasteiger partial charge in [-0.2, -0.15) is 0 Å². The van der Waals surface area contributed by atoms with Gasteiger partial charge in [-0.25, -0.2) is 0 Å². The molecule has 0 fully saturated rings. The van der Waals surface area contributed by atoms with Crippen LogP contribution in [-0.2, 0) is 0 Å². The quantitative estimate of drug-likeness (QED) is 0.565. The van der Waals surface area contributed by atoms with Gasteiger partial charge in [0.05, 0.1) is 0 Å². The van der Waals surface area contributed by atoms with E-state index in [-0.39, 0.29) is 0 Å². The molecule has 0 bridgehead atoms. The Morgan fingerprint density at radius 1 is 1.33 bits per heavy atom. The van der Waals surface area contributed by atoms with E-state index in [0.29, 0.717) is 0 Å². The van der Waals surface area contributed by atoms with Crippen LogP contribution >= 0.6 is 0 Å². The third kappa shape index (κ3) is 4.51. The van der Waals surface area contributed by atoms with Crippen molar-refractivity contribution in [3.63, 3.8) is 0 Å². The number of rotatable bonds is 3.